The Morgan fingerprint density at radius 1 is 1.26 bits per heavy atom. The quantitative estimate of drug-likeness (QED) is 0.511. The van der Waals surface area contributed by atoms with Crippen molar-refractivity contribution in [3.63, 3.8) is 0 Å². The molecule has 5 heteroatoms. The van der Waals surface area contributed by atoms with E-state index in [9.17, 15) is 5.11 Å². The molecule has 0 saturated carbocycles. The fraction of sp³-hybridized carbons (Fsp3) is 0.643. The standard InChI is InChI=1S/C14H26N4O/c1-4-15-13(17-11-14(2,3)12-19)16-7-10-18-8-5-6-9-18/h5-6,8-9,19H,4,7,10-12H2,1-3H3,(H2,15,16,17). The Balaban J connectivity index is 2.41. The van der Waals surface area contributed by atoms with E-state index in [0.29, 0.717) is 6.54 Å². The molecule has 0 unspecified atom stereocenters. The molecule has 3 N–H and O–H groups in total. The van der Waals surface area contributed by atoms with E-state index in [1.165, 1.54) is 0 Å². The summed E-state index contributed by atoms with van der Waals surface area (Å²) in [5.74, 6) is 0.802. The van der Waals surface area contributed by atoms with Gasteiger partial charge in [0.2, 0.25) is 0 Å². The number of aromatic nitrogens is 1. The van der Waals surface area contributed by atoms with Gasteiger partial charge in [-0.3, -0.25) is 4.99 Å². The molecule has 5 nitrogen and oxygen atoms in total. The molecule has 108 valence electrons. The molecule has 1 aromatic rings. The second-order valence-corrected chi connectivity index (χ2v) is 5.37. The number of nitrogens with zero attached hydrogens (tertiary/aromatic N) is 2. The van der Waals surface area contributed by atoms with Crippen LogP contribution in [0.5, 0.6) is 0 Å². The van der Waals surface area contributed by atoms with Crippen LogP contribution in [0.4, 0.5) is 0 Å². The third-order valence-electron chi connectivity index (χ3n) is 2.77. The van der Waals surface area contributed by atoms with Gasteiger partial charge in [-0.1, -0.05) is 13.8 Å². The summed E-state index contributed by atoms with van der Waals surface area (Å²) in [5, 5.41) is 15.7. The Morgan fingerprint density at radius 3 is 2.53 bits per heavy atom. The van der Waals surface area contributed by atoms with E-state index in [1.54, 1.807) is 0 Å². The lowest BCUT2D eigenvalue weighted by Gasteiger charge is -2.20. The van der Waals surface area contributed by atoms with E-state index in [-0.39, 0.29) is 12.0 Å². The summed E-state index contributed by atoms with van der Waals surface area (Å²) >= 11 is 0. The van der Waals surface area contributed by atoms with Crippen molar-refractivity contribution in [2.24, 2.45) is 10.4 Å². The molecule has 1 rings (SSSR count). The SMILES string of the molecule is CCNC(=NCC(C)(C)CO)NCCn1cccc1. The van der Waals surface area contributed by atoms with Crippen LogP contribution < -0.4 is 10.6 Å². The highest BCUT2D eigenvalue weighted by Crippen LogP contribution is 2.13. The summed E-state index contributed by atoms with van der Waals surface area (Å²) in [4.78, 5) is 4.50. The van der Waals surface area contributed by atoms with Gasteiger partial charge in [-0.15, -0.1) is 0 Å². The second kappa shape index (κ2) is 7.84. The van der Waals surface area contributed by atoms with Gasteiger partial charge in [0.05, 0.1) is 6.54 Å². The lowest BCUT2D eigenvalue weighted by atomic mass is 9.95. The van der Waals surface area contributed by atoms with E-state index in [4.69, 9.17) is 0 Å². The molecule has 0 fully saturated rings. The van der Waals surface area contributed by atoms with Crippen LogP contribution in [0, 0.1) is 5.41 Å². The van der Waals surface area contributed by atoms with E-state index < -0.39 is 0 Å². The lowest BCUT2D eigenvalue weighted by molar-refractivity contribution is 0.167. The summed E-state index contributed by atoms with van der Waals surface area (Å²) in [6.45, 7) is 9.33. The molecule has 0 aliphatic rings. The first-order valence-electron chi connectivity index (χ1n) is 6.81. The van der Waals surface area contributed by atoms with E-state index in [2.05, 4.69) is 20.2 Å². The highest BCUT2D eigenvalue weighted by Gasteiger charge is 2.15. The van der Waals surface area contributed by atoms with E-state index in [1.807, 2.05) is 45.3 Å². The van der Waals surface area contributed by atoms with E-state index >= 15 is 0 Å². The second-order valence-electron chi connectivity index (χ2n) is 5.37. The molecule has 0 aliphatic carbocycles. The van der Waals surface area contributed by atoms with Crippen LogP contribution >= 0.6 is 0 Å². The van der Waals surface area contributed by atoms with Crippen molar-refractivity contribution in [1.29, 1.82) is 0 Å². The summed E-state index contributed by atoms with van der Waals surface area (Å²) in [5.41, 5.74) is -0.178. The first-order chi connectivity index (χ1) is 9.07. The summed E-state index contributed by atoms with van der Waals surface area (Å²) in [6, 6.07) is 4.03. The van der Waals surface area contributed by atoms with Crippen LogP contribution in [0.25, 0.3) is 0 Å². The van der Waals surface area contributed by atoms with Gasteiger partial charge in [0, 0.05) is 44.0 Å². The molecular formula is C14H26N4O. The average molecular weight is 266 g/mol. The number of aliphatic hydroxyl groups excluding tert-OH is 1. The van der Waals surface area contributed by atoms with Crippen LogP contribution in [-0.4, -0.2) is 41.9 Å². The molecule has 0 spiro atoms. The number of aliphatic imine (C=N–C) groups is 1. The molecule has 1 heterocycles. The molecule has 0 amide bonds. The lowest BCUT2D eigenvalue weighted by Crippen LogP contribution is -2.39. The molecular weight excluding hydrogens is 240 g/mol. The summed E-state index contributed by atoms with van der Waals surface area (Å²) < 4.78 is 2.12. The van der Waals surface area contributed by atoms with Crippen LogP contribution in [-0.2, 0) is 6.54 Å². The van der Waals surface area contributed by atoms with Crippen molar-refractivity contribution in [2.45, 2.75) is 27.3 Å². The molecule has 19 heavy (non-hydrogen) atoms. The predicted octanol–water partition coefficient (Wildman–Crippen LogP) is 1.06. The van der Waals surface area contributed by atoms with E-state index in [0.717, 1.165) is 25.6 Å². The fourth-order valence-electron chi connectivity index (χ4n) is 1.51. The van der Waals surface area contributed by atoms with Gasteiger partial charge in [-0.05, 0) is 19.1 Å². The number of hydrogen-bond acceptors (Lipinski definition) is 2. The van der Waals surface area contributed by atoms with Crippen LogP contribution in [0.3, 0.4) is 0 Å². The topological polar surface area (TPSA) is 61.6 Å². The van der Waals surface area contributed by atoms with Gasteiger partial charge in [0.15, 0.2) is 5.96 Å². The van der Waals surface area contributed by atoms with Crippen LogP contribution in [0.15, 0.2) is 29.5 Å². The highest BCUT2D eigenvalue weighted by atomic mass is 16.3. The van der Waals surface area contributed by atoms with Gasteiger partial charge in [0.25, 0.3) is 0 Å². The number of aliphatic hydroxyl groups is 1. The van der Waals surface area contributed by atoms with Gasteiger partial charge in [-0.25, -0.2) is 0 Å². The Morgan fingerprint density at radius 2 is 1.95 bits per heavy atom. The molecule has 0 aromatic carbocycles. The van der Waals surface area contributed by atoms with Crippen molar-refractivity contribution in [3.8, 4) is 0 Å². The minimum atomic E-state index is -0.178. The van der Waals surface area contributed by atoms with Crippen LogP contribution in [0.1, 0.15) is 20.8 Å². The molecule has 0 bridgehead atoms. The zero-order valence-corrected chi connectivity index (χ0v) is 12.2. The van der Waals surface area contributed by atoms with Crippen molar-refractivity contribution in [1.82, 2.24) is 15.2 Å². The number of guanidine groups is 1. The maximum Gasteiger partial charge on any atom is 0.191 e. The average Bonchev–Trinajstić information content (AvgIpc) is 2.89. The highest BCUT2D eigenvalue weighted by molar-refractivity contribution is 5.79. The first-order valence-corrected chi connectivity index (χ1v) is 6.81. The number of hydrogen-bond donors (Lipinski definition) is 3. The van der Waals surface area contributed by atoms with Crippen molar-refractivity contribution >= 4 is 5.96 Å². The number of rotatable bonds is 7. The largest absolute Gasteiger partial charge is 0.396 e. The normalized spacial score (nSPS) is 12.5. The Hall–Kier alpha value is -1.49. The minimum absolute atomic E-state index is 0.138. The molecule has 0 saturated heterocycles. The zero-order valence-electron chi connectivity index (χ0n) is 12.2. The molecule has 0 atom stereocenters. The van der Waals surface area contributed by atoms with Crippen molar-refractivity contribution in [2.75, 3.05) is 26.2 Å². The van der Waals surface area contributed by atoms with Gasteiger partial charge < -0.3 is 20.3 Å². The summed E-state index contributed by atoms with van der Waals surface area (Å²) in [7, 11) is 0. The molecule has 0 aliphatic heterocycles. The zero-order chi connectivity index (χ0) is 14.1. The molecule has 1 aromatic heterocycles. The van der Waals surface area contributed by atoms with Gasteiger partial charge in [0.1, 0.15) is 0 Å². The Kier molecular flexibility index (Phi) is 6.42. The number of nitrogens with one attached hydrogen (secondary N) is 2. The van der Waals surface area contributed by atoms with Crippen LogP contribution in [0.2, 0.25) is 0 Å². The van der Waals surface area contributed by atoms with Crippen molar-refractivity contribution < 1.29 is 5.11 Å². The fourth-order valence-corrected chi connectivity index (χ4v) is 1.51. The summed E-state index contributed by atoms with van der Waals surface area (Å²) in [6.07, 6.45) is 4.08. The van der Waals surface area contributed by atoms with Gasteiger partial charge in [-0.2, -0.15) is 0 Å². The predicted molar refractivity (Wildman–Crippen MR) is 79.3 cm³/mol. The molecule has 0 radical (unpaired) electrons. The minimum Gasteiger partial charge on any atom is -0.396 e. The Bertz CT molecular complexity index is 371. The maximum absolute atomic E-state index is 9.22. The Labute approximate surface area is 115 Å². The third-order valence-corrected chi connectivity index (χ3v) is 2.77. The first kappa shape index (κ1) is 15.6. The maximum atomic E-state index is 9.22. The van der Waals surface area contributed by atoms with Crippen molar-refractivity contribution in [3.05, 3.63) is 24.5 Å². The van der Waals surface area contributed by atoms with Gasteiger partial charge >= 0.3 is 0 Å². The third kappa shape index (κ3) is 6.29. The monoisotopic (exact) mass is 266 g/mol. The smallest absolute Gasteiger partial charge is 0.191 e.